The number of carbonyl (C=O) groups excluding carboxylic acids is 1. The summed E-state index contributed by atoms with van der Waals surface area (Å²) >= 11 is 0. The van der Waals surface area contributed by atoms with Gasteiger partial charge < -0.3 is 4.98 Å². The van der Waals surface area contributed by atoms with E-state index in [1.54, 1.807) is 6.92 Å². The molecule has 24 heavy (non-hydrogen) atoms. The van der Waals surface area contributed by atoms with E-state index < -0.39 is 0 Å². The van der Waals surface area contributed by atoms with Crippen molar-refractivity contribution in [1.82, 2.24) is 9.97 Å². The van der Waals surface area contributed by atoms with E-state index in [-0.39, 0.29) is 5.78 Å². The third kappa shape index (κ3) is 2.81. The van der Waals surface area contributed by atoms with Gasteiger partial charge in [0.15, 0.2) is 5.78 Å². The van der Waals surface area contributed by atoms with Crippen LogP contribution in [0.15, 0.2) is 55.1 Å². The number of ketones is 1. The number of aryl methyl sites for hydroxylation is 1. The van der Waals surface area contributed by atoms with Gasteiger partial charge in [-0.3, -0.25) is 4.79 Å². The van der Waals surface area contributed by atoms with Crippen LogP contribution in [0.3, 0.4) is 0 Å². The van der Waals surface area contributed by atoms with Crippen molar-refractivity contribution in [3.05, 3.63) is 71.8 Å². The summed E-state index contributed by atoms with van der Waals surface area (Å²) in [4.78, 5) is 19.8. The Balaban J connectivity index is 2.08. The molecule has 0 fully saturated rings. The van der Waals surface area contributed by atoms with E-state index in [4.69, 9.17) is 0 Å². The van der Waals surface area contributed by atoms with Gasteiger partial charge in [-0.05, 0) is 49.6 Å². The number of aromatic amines is 1. The Bertz CT molecular complexity index is 959. The Morgan fingerprint density at radius 1 is 1.21 bits per heavy atom. The zero-order valence-electron chi connectivity index (χ0n) is 14.2. The van der Waals surface area contributed by atoms with Gasteiger partial charge in [0.25, 0.3) is 0 Å². The standard InChI is InChI=1S/C21H20N2O/c1-5-15(6-2)16-7-9-17(10-8-16)21-22-19-12-13(3)11-18(14(4)24)20(19)23-21/h5-12H,1H2,2-4H3,(H,22,23). The predicted molar refractivity (Wildman–Crippen MR) is 100 cm³/mol. The van der Waals surface area contributed by atoms with E-state index in [1.807, 2.05) is 50.3 Å². The molecule has 0 aliphatic rings. The van der Waals surface area contributed by atoms with Crippen molar-refractivity contribution in [1.29, 1.82) is 0 Å². The fourth-order valence-electron chi connectivity index (χ4n) is 2.89. The van der Waals surface area contributed by atoms with Crippen LogP contribution in [0.2, 0.25) is 0 Å². The smallest absolute Gasteiger partial charge is 0.162 e. The number of hydrogen-bond acceptors (Lipinski definition) is 2. The lowest BCUT2D eigenvalue weighted by molar-refractivity contribution is 0.101. The molecule has 1 N–H and O–H groups in total. The highest BCUT2D eigenvalue weighted by molar-refractivity contribution is 6.05. The van der Waals surface area contributed by atoms with Crippen molar-refractivity contribution in [2.24, 2.45) is 0 Å². The van der Waals surface area contributed by atoms with Gasteiger partial charge >= 0.3 is 0 Å². The predicted octanol–water partition coefficient (Wildman–Crippen LogP) is 5.33. The van der Waals surface area contributed by atoms with E-state index in [0.29, 0.717) is 5.56 Å². The van der Waals surface area contributed by atoms with Gasteiger partial charge in [0.2, 0.25) is 0 Å². The van der Waals surface area contributed by atoms with Crippen LogP contribution in [0.4, 0.5) is 0 Å². The highest BCUT2D eigenvalue weighted by atomic mass is 16.1. The molecule has 3 nitrogen and oxygen atoms in total. The van der Waals surface area contributed by atoms with Gasteiger partial charge in [0.1, 0.15) is 5.82 Å². The minimum Gasteiger partial charge on any atom is -0.338 e. The Morgan fingerprint density at radius 3 is 2.50 bits per heavy atom. The molecular weight excluding hydrogens is 296 g/mol. The number of rotatable bonds is 4. The zero-order chi connectivity index (χ0) is 17.3. The second kappa shape index (κ2) is 6.28. The number of Topliss-reactive ketones (excluding diaryl/α,β-unsaturated/α-hetero) is 1. The Morgan fingerprint density at radius 2 is 1.92 bits per heavy atom. The first-order valence-electron chi connectivity index (χ1n) is 7.94. The maximum Gasteiger partial charge on any atom is 0.162 e. The van der Waals surface area contributed by atoms with E-state index in [0.717, 1.165) is 39.1 Å². The molecule has 3 aromatic rings. The van der Waals surface area contributed by atoms with Crippen molar-refractivity contribution >= 4 is 22.4 Å². The first-order chi connectivity index (χ1) is 11.5. The fraction of sp³-hybridized carbons (Fsp3) is 0.143. The second-order valence-electron chi connectivity index (χ2n) is 5.88. The normalized spacial score (nSPS) is 11.7. The van der Waals surface area contributed by atoms with Gasteiger partial charge in [-0.2, -0.15) is 0 Å². The monoisotopic (exact) mass is 316 g/mol. The minimum atomic E-state index is 0.0285. The SMILES string of the molecule is C=CC(=CC)c1ccc(-c2nc3c(C(C)=O)cc(C)cc3[nH]2)cc1. The summed E-state index contributed by atoms with van der Waals surface area (Å²) in [7, 11) is 0. The summed E-state index contributed by atoms with van der Waals surface area (Å²) in [5, 5.41) is 0. The van der Waals surface area contributed by atoms with E-state index in [1.165, 1.54) is 0 Å². The molecule has 0 saturated heterocycles. The maximum absolute atomic E-state index is 11.9. The van der Waals surface area contributed by atoms with Crippen LogP contribution in [-0.2, 0) is 0 Å². The van der Waals surface area contributed by atoms with Gasteiger partial charge in [-0.25, -0.2) is 4.98 Å². The second-order valence-corrected chi connectivity index (χ2v) is 5.88. The van der Waals surface area contributed by atoms with E-state index >= 15 is 0 Å². The van der Waals surface area contributed by atoms with Crippen LogP contribution in [0.25, 0.3) is 28.0 Å². The molecule has 0 unspecified atom stereocenters. The topological polar surface area (TPSA) is 45.8 Å². The van der Waals surface area contributed by atoms with Crippen molar-refractivity contribution in [3.8, 4) is 11.4 Å². The Labute approximate surface area is 141 Å². The lowest BCUT2D eigenvalue weighted by Gasteiger charge is -2.03. The molecule has 0 aliphatic carbocycles. The van der Waals surface area contributed by atoms with Crippen LogP contribution >= 0.6 is 0 Å². The number of H-pyrrole nitrogens is 1. The summed E-state index contributed by atoms with van der Waals surface area (Å²) in [6, 6.07) is 12.1. The van der Waals surface area contributed by atoms with Gasteiger partial charge in [-0.1, -0.05) is 43.0 Å². The number of hydrogen-bond donors (Lipinski definition) is 1. The highest BCUT2D eigenvalue weighted by Crippen LogP contribution is 2.26. The summed E-state index contributed by atoms with van der Waals surface area (Å²) in [5.41, 5.74) is 6.52. The number of imidazole rings is 1. The molecule has 1 aromatic heterocycles. The molecular formula is C21H20N2O. The third-order valence-corrected chi connectivity index (χ3v) is 4.13. The first kappa shape index (κ1) is 15.9. The average molecular weight is 316 g/mol. The summed E-state index contributed by atoms with van der Waals surface area (Å²) in [6.07, 6.45) is 3.88. The van der Waals surface area contributed by atoms with Crippen molar-refractivity contribution in [2.75, 3.05) is 0 Å². The van der Waals surface area contributed by atoms with Crippen LogP contribution in [0.1, 0.15) is 35.3 Å². The number of allylic oxidation sites excluding steroid dienone is 3. The molecule has 3 heteroatoms. The largest absolute Gasteiger partial charge is 0.338 e. The molecule has 120 valence electrons. The van der Waals surface area contributed by atoms with Crippen molar-refractivity contribution in [2.45, 2.75) is 20.8 Å². The average Bonchev–Trinajstić information content (AvgIpc) is 2.99. The van der Waals surface area contributed by atoms with Gasteiger partial charge in [0.05, 0.1) is 11.0 Å². The van der Waals surface area contributed by atoms with E-state index in [9.17, 15) is 4.79 Å². The number of benzene rings is 2. The van der Waals surface area contributed by atoms with Crippen molar-refractivity contribution in [3.63, 3.8) is 0 Å². The molecule has 0 amide bonds. The Kier molecular flexibility index (Phi) is 4.17. The Hall–Kier alpha value is -2.94. The van der Waals surface area contributed by atoms with E-state index in [2.05, 4.69) is 28.7 Å². The fourth-order valence-corrected chi connectivity index (χ4v) is 2.89. The molecule has 0 atom stereocenters. The molecule has 0 spiro atoms. The van der Waals surface area contributed by atoms with Crippen LogP contribution < -0.4 is 0 Å². The molecule has 0 radical (unpaired) electrons. The molecule has 0 bridgehead atoms. The highest BCUT2D eigenvalue weighted by Gasteiger charge is 2.13. The number of aromatic nitrogens is 2. The lowest BCUT2D eigenvalue weighted by Crippen LogP contribution is -1.94. The van der Waals surface area contributed by atoms with Gasteiger partial charge in [0, 0.05) is 11.1 Å². The minimum absolute atomic E-state index is 0.0285. The molecule has 1 heterocycles. The molecule has 3 rings (SSSR count). The maximum atomic E-state index is 11.9. The van der Waals surface area contributed by atoms with Gasteiger partial charge in [-0.15, -0.1) is 0 Å². The number of carbonyl (C=O) groups is 1. The number of nitrogens with zero attached hydrogens (tertiary/aromatic N) is 1. The van der Waals surface area contributed by atoms with Crippen LogP contribution in [-0.4, -0.2) is 15.8 Å². The van der Waals surface area contributed by atoms with Crippen molar-refractivity contribution < 1.29 is 4.79 Å². The lowest BCUT2D eigenvalue weighted by atomic mass is 10.0. The van der Waals surface area contributed by atoms with Crippen LogP contribution in [0.5, 0.6) is 0 Å². The zero-order valence-corrected chi connectivity index (χ0v) is 14.2. The van der Waals surface area contributed by atoms with Crippen LogP contribution in [0, 0.1) is 6.92 Å². The number of fused-ring (bicyclic) bond motifs is 1. The quantitative estimate of drug-likeness (QED) is 0.522. The molecule has 0 saturated carbocycles. The first-order valence-corrected chi connectivity index (χ1v) is 7.94. The number of nitrogens with one attached hydrogen (secondary N) is 1. The molecule has 0 aliphatic heterocycles. The summed E-state index contributed by atoms with van der Waals surface area (Å²) < 4.78 is 0. The third-order valence-electron chi connectivity index (χ3n) is 4.13. The summed E-state index contributed by atoms with van der Waals surface area (Å²) in [5.74, 6) is 0.797. The summed E-state index contributed by atoms with van der Waals surface area (Å²) in [6.45, 7) is 9.39. The molecule has 2 aromatic carbocycles.